The Morgan fingerprint density at radius 3 is 2.60 bits per heavy atom. The highest BCUT2D eigenvalue weighted by atomic mass is 32.2. The van der Waals surface area contributed by atoms with Gasteiger partial charge in [-0.3, -0.25) is 4.79 Å². The van der Waals surface area contributed by atoms with Gasteiger partial charge in [0.15, 0.2) is 0 Å². The summed E-state index contributed by atoms with van der Waals surface area (Å²) in [5.74, 6) is 0.321. The molecule has 2 heterocycles. The van der Waals surface area contributed by atoms with Crippen molar-refractivity contribution in [3.8, 4) is 0 Å². The lowest BCUT2D eigenvalue weighted by molar-refractivity contribution is 0.0700. The Kier molecular flexibility index (Phi) is 5.46. The van der Waals surface area contributed by atoms with E-state index < -0.39 is 10.0 Å². The Hall–Kier alpha value is -1.44. The molecule has 0 aromatic heterocycles. The molecule has 1 amide bonds. The maximum Gasteiger partial charge on any atom is 0.254 e. The van der Waals surface area contributed by atoms with E-state index in [0.29, 0.717) is 37.8 Å². The van der Waals surface area contributed by atoms with E-state index in [-0.39, 0.29) is 16.8 Å². The van der Waals surface area contributed by atoms with Gasteiger partial charge in [-0.1, -0.05) is 19.9 Å². The van der Waals surface area contributed by atoms with E-state index in [9.17, 15) is 13.2 Å². The van der Waals surface area contributed by atoms with Crippen LogP contribution in [0.15, 0.2) is 29.2 Å². The van der Waals surface area contributed by atoms with Gasteiger partial charge >= 0.3 is 0 Å². The van der Waals surface area contributed by atoms with E-state index in [1.807, 2.05) is 4.90 Å². The predicted molar refractivity (Wildman–Crippen MR) is 94.9 cm³/mol. The topological polar surface area (TPSA) is 66.9 Å². The summed E-state index contributed by atoms with van der Waals surface area (Å²) in [6.07, 6.45) is 2.01. The molecule has 2 saturated heterocycles. The monoisotopic (exact) mass is 366 g/mol. The first-order valence-electron chi connectivity index (χ1n) is 8.90. The van der Waals surface area contributed by atoms with Crippen LogP contribution in [-0.4, -0.2) is 62.4 Å². The van der Waals surface area contributed by atoms with Crippen LogP contribution >= 0.6 is 0 Å². The van der Waals surface area contributed by atoms with E-state index >= 15 is 0 Å². The average Bonchev–Trinajstić information content (AvgIpc) is 3.12. The summed E-state index contributed by atoms with van der Waals surface area (Å²) in [5, 5.41) is 0. The second-order valence-corrected chi connectivity index (χ2v) is 8.93. The Balaban J connectivity index is 1.85. The van der Waals surface area contributed by atoms with Crippen molar-refractivity contribution in [1.82, 2.24) is 9.21 Å². The van der Waals surface area contributed by atoms with Crippen LogP contribution in [0.4, 0.5) is 0 Å². The number of benzene rings is 1. The number of morpholine rings is 1. The SMILES string of the molecule is CC(C)C1CCCN1C(=O)c1cccc(S(=O)(=O)N2CCOCC2)c1. The molecule has 2 aliphatic rings. The smallest absolute Gasteiger partial charge is 0.254 e. The molecule has 0 saturated carbocycles. The molecule has 2 aliphatic heterocycles. The lowest BCUT2D eigenvalue weighted by Crippen LogP contribution is -2.41. The lowest BCUT2D eigenvalue weighted by atomic mass is 10.0. The summed E-state index contributed by atoms with van der Waals surface area (Å²) < 4.78 is 32.3. The zero-order valence-corrected chi connectivity index (χ0v) is 15.7. The third kappa shape index (κ3) is 3.73. The van der Waals surface area contributed by atoms with Gasteiger partial charge in [0, 0.05) is 31.2 Å². The van der Waals surface area contributed by atoms with Gasteiger partial charge in [-0.25, -0.2) is 8.42 Å². The summed E-state index contributed by atoms with van der Waals surface area (Å²) >= 11 is 0. The summed E-state index contributed by atoms with van der Waals surface area (Å²) in [4.78, 5) is 15.0. The van der Waals surface area contributed by atoms with Crippen molar-refractivity contribution in [3.63, 3.8) is 0 Å². The van der Waals surface area contributed by atoms with Crippen LogP contribution in [-0.2, 0) is 14.8 Å². The maximum absolute atomic E-state index is 12.9. The first-order chi connectivity index (χ1) is 11.9. The van der Waals surface area contributed by atoms with Gasteiger partial charge in [-0.2, -0.15) is 4.31 Å². The molecule has 3 rings (SSSR count). The standard InChI is InChI=1S/C18H26N2O4S/c1-14(2)17-7-4-8-20(17)18(21)15-5-3-6-16(13-15)25(22,23)19-9-11-24-12-10-19/h3,5-6,13-14,17H,4,7-12H2,1-2H3. The number of likely N-dealkylation sites (tertiary alicyclic amines) is 1. The van der Waals surface area contributed by atoms with Gasteiger partial charge in [-0.15, -0.1) is 0 Å². The van der Waals surface area contributed by atoms with Gasteiger partial charge in [-0.05, 0) is 37.0 Å². The Bertz CT molecular complexity index is 726. The van der Waals surface area contributed by atoms with Crippen LogP contribution in [0.2, 0.25) is 0 Å². The van der Waals surface area contributed by atoms with E-state index in [1.165, 1.54) is 10.4 Å². The van der Waals surface area contributed by atoms with Crippen molar-refractivity contribution < 1.29 is 17.9 Å². The molecule has 0 bridgehead atoms. The molecule has 0 N–H and O–H groups in total. The molecule has 1 unspecified atom stereocenters. The Labute approximate surface area is 149 Å². The molecule has 1 atom stereocenters. The fourth-order valence-electron chi connectivity index (χ4n) is 3.63. The first-order valence-corrected chi connectivity index (χ1v) is 10.3. The van der Waals surface area contributed by atoms with Crippen molar-refractivity contribution in [2.24, 2.45) is 5.92 Å². The zero-order valence-electron chi connectivity index (χ0n) is 14.8. The number of carbonyl (C=O) groups excluding carboxylic acids is 1. The molecule has 1 aromatic rings. The number of rotatable bonds is 4. The van der Waals surface area contributed by atoms with Crippen LogP contribution < -0.4 is 0 Å². The van der Waals surface area contributed by atoms with Crippen molar-refractivity contribution in [3.05, 3.63) is 29.8 Å². The second-order valence-electron chi connectivity index (χ2n) is 7.00. The number of hydrogen-bond donors (Lipinski definition) is 0. The normalized spacial score (nSPS) is 22.5. The van der Waals surface area contributed by atoms with Crippen LogP contribution in [0.25, 0.3) is 0 Å². The van der Waals surface area contributed by atoms with Gasteiger partial charge in [0.2, 0.25) is 10.0 Å². The van der Waals surface area contributed by atoms with Gasteiger partial charge < -0.3 is 9.64 Å². The molecule has 25 heavy (non-hydrogen) atoms. The van der Waals surface area contributed by atoms with Crippen LogP contribution in [0.1, 0.15) is 37.0 Å². The van der Waals surface area contributed by atoms with Crippen LogP contribution in [0.5, 0.6) is 0 Å². The van der Waals surface area contributed by atoms with Gasteiger partial charge in [0.25, 0.3) is 5.91 Å². The molecular formula is C18H26N2O4S. The number of hydrogen-bond acceptors (Lipinski definition) is 4. The van der Waals surface area contributed by atoms with Crippen molar-refractivity contribution in [1.29, 1.82) is 0 Å². The molecule has 7 heteroatoms. The summed E-state index contributed by atoms with van der Waals surface area (Å²) in [7, 11) is -3.59. The van der Waals surface area contributed by atoms with E-state index in [1.54, 1.807) is 18.2 Å². The fraction of sp³-hybridized carbons (Fsp3) is 0.611. The minimum atomic E-state index is -3.59. The average molecular weight is 366 g/mol. The molecule has 6 nitrogen and oxygen atoms in total. The predicted octanol–water partition coefficient (Wildman–Crippen LogP) is 1.97. The number of carbonyl (C=O) groups is 1. The highest BCUT2D eigenvalue weighted by molar-refractivity contribution is 7.89. The van der Waals surface area contributed by atoms with Crippen molar-refractivity contribution in [2.45, 2.75) is 37.6 Å². The molecular weight excluding hydrogens is 340 g/mol. The third-order valence-electron chi connectivity index (χ3n) is 5.02. The number of amides is 1. The molecule has 0 aliphatic carbocycles. The highest BCUT2D eigenvalue weighted by Gasteiger charge is 2.32. The third-order valence-corrected chi connectivity index (χ3v) is 6.91. The van der Waals surface area contributed by atoms with Crippen molar-refractivity contribution in [2.75, 3.05) is 32.8 Å². The zero-order chi connectivity index (χ0) is 18.0. The number of sulfonamides is 1. The second kappa shape index (κ2) is 7.43. The molecule has 1 aromatic carbocycles. The van der Waals surface area contributed by atoms with E-state index in [0.717, 1.165) is 19.4 Å². The van der Waals surface area contributed by atoms with Crippen LogP contribution in [0, 0.1) is 5.92 Å². The number of nitrogens with zero attached hydrogens (tertiary/aromatic N) is 2. The van der Waals surface area contributed by atoms with Crippen LogP contribution in [0.3, 0.4) is 0 Å². The number of ether oxygens (including phenoxy) is 1. The minimum absolute atomic E-state index is 0.0739. The summed E-state index contributed by atoms with van der Waals surface area (Å²) in [6.45, 7) is 6.49. The highest BCUT2D eigenvalue weighted by Crippen LogP contribution is 2.26. The molecule has 2 fully saturated rings. The first kappa shape index (κ1) is 18.4. The van der Waals surface area contributed by atoms with Gasteiger partial charge in [0.05, 0.1) is 18.1 Å². The molecule has 0 spiro atoms. The van der Waals surface area contributed by atoms with Crippen molar-refractivity contribution >= 4 is 15.9 Å². The quantitative estimate of drug-likeness (QED) is 0.817. The minimum Gasteiger partial charge on any atom is -0.379 e. The summed E-state index contributed by atoms with van der Waals surface area (Å²) in [5.41, 5.74) is 0.446. The Morgan fingerprint density at radius 2 is 1.92 bits per heavy atom. The summed E-state index contributed by atoms with van der Waals surface area (Å²) in [6, 6.07) is 6.66. The lowest BCUT2D eigenvalue weighted by Gasteiger charge is -2.28. The van der Waals surface area contributed by atoms with E-state index in [2.05, 4.69) is 13.8 Å². The van der Waals surface area contributed by atoms with E-state index in [4.69, 9.17) is 4.74 Å². The van der Waals surface area contributed by atoms with Gasteiger partial charge in [0.1, 0.15) is 0 Å². The Morgan fingerprint density at radius 1 is 1.20 bits per heavy atom. The largest absolute Gasteiger partial charge is 0.379 e. The maximum atomic E-state index is 12.9. The molecule has 0 radical (unpaired) electrons. The molecule has 138 valence electrons. The fourth-order valence-corrected chi connectivity index (χ4v) is 5.08.